The van der Waals surface area contributed by atoms with E-state index in [0.717, 1.165) is 6.54 Å². The van der Waals surface area contributed by atoms with E-state index < -0.39 is 0 Å². The van der Waals surface area contributed by atoms with E-state index in [1.807, 2.05) is 6.92 Å². The highest BCUT2D eigenvalue weighted by Crippen LogP contribution is 2.08. The van der Waals surface area contributed by atoms with E-state index in [0.29, 0.717) is 11.5 Å². The van der Waals surface area contributed by atoms with E-state index in [-0.39, 0.29) is 0 Å². The van der Waals surface area contributed by atoms with Crippen molar-refractivity contribution < 1.29 is 4.52 Å². The summed E-state index contributed by atoms with van der Waals surface area (Å²) in [4.78, 5) is 3.84. The van der Waals surface area contributed by atoms with Gasteiger partial charge >= 0.3 is 0 Å². The Morgan fingerprint density at radius 3 is 3.08 bits per heavy atom. The second-order valence-corrected chi connectivity index (χ2v) is 2.21. The van der Waals surface area contributed by atoms with Crippen molar-refractivity contribution >= 4 is 0 Å². The molecule has 0 aromatic carbocycles. The molecule has 2 aromatic rings. The molecule has 2 heterocycles. The largest absolute Gasteiger partial charge is 0.342 e. The van der Waals surface area contributed by atoms with Crippen LogP contribution in [-0.4, -0.2) is 25.1 Å². The van der Waals surface area contributed by atoms with E-state index >= 15 is 0 Å². The summed E-state index contributed by atoms with van der Waals surface area (Å²) in [5.74, 6) is 0.467. The van der Waals surface area contributed by atoms with Crippen molar-refractivity contribution in [2.45, 2.75) is 13.5 Å². The van der Waals surface area contributed by atoms with Gasteiger partial charge < -0.3 is 4.52 Å². The van der Waals surface area contributed by atoms with E-state index in [1.54, 1.807) is 10.9 Å². The molecule has 6 heteroatoms. The fourth-order valence-electron chi connectivity index (χ4n) is 0.839. The van der Waals surface area contributed by atoms with Gasteiger partial charge in [0.15, 0.2) is 5.69 Å². The Hall–Kier alpha value is -1.72. The molecule has 0 aliphatic rings. The van der Waals surface area contributed by atoms with Crippen LogP contribution in [0.25, 0.3) is 11.5 Å². The lowest BCUT2D eigenvalue weighted by atomic mass is 10.4. The summed E-state index contributed by atoms with van der Waals surface area (Å²) < 4.78 is 6.27. The Balaban J connectivity index is 2.35. The Bertz CT molecular complexity index is 352. The van der Waals surface area contributed by atoms with Gasteiger partial charge in [0.2, 0.25) is 12.2 Å². The Morgan fingerprint density at radius 1 is 1.58 bits per heavy atom. The third kappa shape index (κ3) is 1.07. The van der Waals surface area contributed by atoms with Gasteiger partial charge in [-0.25, -0.2) is 0 Å². The van der Waals surface area contributed by atoms with Gasteiger partial charge in [0.1, 0.15) is 0 Å². The second kappa shape index (κ2) is 2.72. The van der Waals surface area contributed by atoms with Crippen molar-refractivity contribution in [2.75, 3.05) is 0 Å². The molecule has 0 fully saturated rings. The Labute approximate surface area is 68.2 Å². The molecule has 0 atom stereocenters. The molecule has 6 nitrogen and oxygen atoms in total. The molecule has 0 N–H and O–H groups in total. The number of hydrogen-bond acceptors (Lipinski definition) is 5. The minimum absolute atomic E-state index is 0.467. The molecule has 62 valence electrons. The summed E-state index contributed by atoms with van der Waals surface area (Å²) in [5.41, 5.74) is 0.630. The van der Waals surface area contributed by atoms with Crippen molar-refractivity contribution in [2.24, 2.45) is 0 Å². The van der Waals surface area contributed by atoms with Crippen LogP contribution < -0.4 is 0 Å². The quantitative estimate of drug-likeness (QED) is 0.642. The normalized spacial score (nSPS) is 10.4. The van der Waals surface area contributed by atoms with E-state index in [4.69, 9.17) is 0 Å². The van der Waals surface area contributed by atoms with Crippen molar-refractivity contribution in [1.82, 2.24) is 25.1 Å². The summed E-state index contributed by atoms with van der Waals surface area (Å²) in [6.45, 7) is 2.76. The maximum atomic E-state index is 4.57. The second-order valence-electron chi connectivity index (χ2n) is 2.21. The Kier molecular flexibility index (Phi) is 1.58. The van der Waals surface area contributed by atoms with Gasteiger partial charge in [-0.1, -0.05) is 10.4 Å². The van der Waals surface area contributed by atoms with Crippen molar-refractivity contribution in [3.63, 3.8) is 0 Å². The summed E-state index contributed by atoms with van der Waals surface area (Å²) in [6, 6.07) is 0. The fourth-order valence-corrected chi connectivity index (χ4v) is 0.839. The first-order valence-corrected chi connectivity index (χ1v) is 3.57. The van der Waals surface area contributed by atoms with Gasteiger partial charge in [-0.3, -0.25) is 4.68 Å². The molecule has 0 unspecified atom stereocenters. The summed E-state index contributed by atoms with van der Waals surface area (Å²) in [6.07, 6.45) is 3.03. The first-order chi connectivity index (χ1) is 5.90. The minimum atomic E-state index is 0.467. The zero-order chi connectivity index (χ0) is 8.39. The molecule has 0 bridgehead atoms. The monoisotopic (exact) mass is 165 g/mol. The number of aromatic nitrogens is 5. The Morgan fingerprint density at radius 2 is 2.50 bits per heavy atom. The molecule has 0 amide bonds. The van der Waals surface area contributed by atoms with Crippen molar-refractivity contribution in [3.05, 3.63) is 12.6 Å². The summed E-state index contributed by atoms with van der Waals surface area (Å²) >= 11 is 0. The van der Waals surface area contributed by atoms with Crippen LogP contribution in [0.15, 0.2) is 17.1 Å². The topological polar surface area (TPSA) is 69.6 Å². The zero-order valence-corrected chi connectivity index (χ0v) is 6.51. The lowest BCUT2D eigenvalue weighted by Gasteiger charge is -1.86. The molecule has 12 heavy (non-hydrogen) atoms. The zero-order valence-electron chi connectivity index (χ0n) is 6.51. The van der Waals surface area contributed by atoms with Crippen molar-refractivity contribution in [3.8, 4) is 11.5 Å². The lowest BCUT2D eigenvalue weighted by Crippen LogP contribution is -1.93. The molecular weight excluding hydrogens is 158 g/mol. The molecular formula is C6H7N5O. The van der Waals surface area contributed by atoms with Crippen molar-refractivity contribution in [1.29, 1.82) is 0 Å². The van der Waals surface area contributed by atoms with Gasteiger partial charge in [0.05, 0.1) is 6.20 Å². The predicted octanol–water partition coefficient (Wildman–Crippen LogP) is 0.348. The number of hydrogen-bond donors (Lipinski definition) is 0. The number of rotatable bonds is 2. The maximum absolute atomic E-state index is 4.57. The highest BCUT2D eigenvalue weighted by Gasteiger charge is 2.06. The van der Waals surface area contributed by atoms with E-state index in [2.05, 4.69) is 25.0 Å². The standard InChI is InChI=1S/C6H7N5O/c1-2-11-3-5(8-10-11)6-7-4-12-9-6/h3-4H,2H2,1H3. The molecule has 0 saturated carbocycles. The first kappa shape index (κ1) is 6.96. The lowest BCUT2D eigenvalue weighted by molar-refractivity contribution is 0.418. The van der Waals surface area contributed by atoms with Crippen LogP contribution in [-0.2, 0) is 6.54 Å². The molecule has 0 aliphatic carbocycles. The van der Waals surface area contributed by atoms with Gasteiger partial charge in [0.25, 0.3) is 0 Å². The van der Waals surface area contributed by atoms with Gasteiger partial charge in [-0.05, 0) is 6.92 Å². The fraction of sp³-hybridized carbons (Fsp3) is 0.333. The number of nitrogens with zero attached hydrogens (tertiary/aromatic N) is 5. The number of aryl methyl sites for hydroxylation is 1. The van der Waals surface area contributed by atoms with Crippen LogP contribution in [0.3, 0.4) is 0 Å². The third-order valence-corrected chi connectivity index (χ3v) is 1.45. The van der Waals surface area contributed by atoms with Crippen LogP contribution in [0.2, 0.25) is 0 Å². The summed E-state index contributed by atoms with van der Waals surface area (Å²) in [7, 11) is 0. The van der Waals surface area contributed by atoms with Crippen LogP contribution >= 0.6 is 0 Å². The van der Waals surface area contributed by atoms with Crippen LogP contribution in [0, 0.1) is 0 Å². The smallest absolute Gasteiger partial charge is 0.224 e. The molecule has 0 spiro atoms. The van der Waals surface area contributed by atoms with Gasteiger partial charge in [-0.15, -0.1) is 5.10 Å². The van der Waals surface area contributed by atoms with E-state index in [9.17, 15) is 0 Å². The SMILES string of the molecule is CCn1cc(-c2ncon2)nn1. The van der Waals surface area contributed by atoms with E-state index in [1.165, 1.54) is 6.39 Å². The first-order valence-electron chi connectivity index (χ1n) is 3.57. The van der Waals surface area contributed by atoms with Crippen LogP contribution in [0.4, 0.5) is 0 Å². The van der Waals surface area contributed by atoms with Gasteiger partial charge in [-0.2, -0.15) is 4.98 Å². The average Bonchev–Trinajstić information content (AvgIpc) is 2.75. The molecule has 2 rings (SSSR count). The summed E-state index contributed by atoms with van der Waals surface area (Å²) in [5, 5.41) is 11.3. The molecule has 0 aliphatic heterocycles. The van der Waals surface area contributed by atoms with Crippen LogP contribution in [0.1, 0.15) is 6.92 Å². The predicted molar refractivity (Wildman–Crippen MR) is 39.0 cm³/mol. The minimum Gasteiger partial charge on any atom is -0.342 e. The molecule has 0 radical (unpaired) electrons. The van der Waals surface area contributed by atoms with Crippen LogP contribution in [0.5, 0.6) is 0 Å². The average molecular weight is 165 g/mol. The highest BCUT2D eigenvalue weighted by molar-refractivity contribution is 5.44. The maximum Gasteiger partial charge on any atom is 0.224 e. The van der Waals surface area contributed by atoms with Gasteiger partial charge in [0, 0.05) is 6.54 Å². The third-order valence-electron chi connectivity index (χ3n) is 1.45. The molecule has 2 aromatic heterocycles. The highest BCUT2D eigenvalue weighted by atomic mass is 16.5. The molecule has 0 saturated heterocycles.